The van der Waals surface area contributed by atoms with Gasteiger partial charge in [0.05, 0.1) is 13.7 Å². The number of aliphatic hydroxyl groups is 1. The van der Waals surface area contributed by atoms with Gasteiger partial charge in [0, 0.05) is 30.1 Å². The normalized spacial score (nSPS) is 17.5. The number of piperidine rings is 1. The summed E-state index contributed by atoms with van der Waals surface area (Å²) in [5, 5.41) is 20.4. The number of carbonyl (C=O) groups excluding carboxylic acids is 1. The third-order valence-electron chi connectivity index (χ3n) is 4.81. The van der Waals surface area contributed by atoms with Gasteiger partial charge in [-0.2, -0.15) is 0 Å². The molecule has 132 valence electrons. The molecule has 1 unspecified atom stereocenters. The molecule has 1 aliphatic rings. The molecular formula is C19H21NO5. The van der Waals surface area contributed by atoms with Crippen LogP contribution in [0, 0.1) is 5.92 Å². The van der Waals surface area contributed by atoms with Crippen molar-refractivity contribution in [3.8, 4) is 5.75 Å². The van der Waals surface area contributed by atoms with Crippen molar-refractivity contribution >= 4 is 22.6 Å². The molecule has 1 saturated heterocycles. The van der Waals surface area contributed by atoms with E-state index in [4.69, 9.17) is 9.84 Å². The zero-order valence-electron chi connectivity index (χ0n) is 14.1. The van der Waals surface area contributed by atoms with Gasteiger partial charge in [0.25, 0.3) is 0 Å². The molecule has 0 aromatic heterocycles. The summed E-state index contributed by atoms with van der Waals surface area (Å²) in [5.74, 6) is 0.269. The Labute approximate surface area is 145 Å². The van der Waals surface area contributed by atoms with E-state index in [0.29, 0.717) is 36.3 Å². The zero-order valence-corrected chi connectivity index (χ0v) is 14.1. The minimum Gasteiger partial charge on any atom is -0.496 e. The molecule has 2 aromatic rings. The summed E-state index contributed by atoms with van der Waals surface area (Å²) in [5.41, 5.74) is 1.26. The lowest BCUT2D eigenvalue weighted by Gasteiger charge is -2.29. The molecular weight excluding hydrogens is 322 g/mol. The van der Waals surface area contributed by atoms with Crippen LogP contribution in [0.2, 0.25) is 0 Å². The van der Waals surface area contributed by atoms with Gasteiger partial charge in [-0.3, -0.25) is 4.79 Å². The minimum absolute atomic E-state index is 0.0331. The van der Waals surface area contributed by atoms with E-state index < -0.39 is 6.09 Å². The van der Waals surface area contributed by atoms with Gasteiger partial charge >= 0.3 is 6.09 Å². The Balaban J connectivity index is 1.91. The summed E-state index contributed by atoms with van der Waals surface area (Å²) in [6.45, 7) is 0.581. The number of ketones is 1. The first-order valence-corrected chi connectivity index (χ1v) is 8.27. The van der Waals surface area contributed by atoms with Gasteiger partial charge in [0.15, 0.2) is 5.78 Å². The lowest BCUT2D eigenvalue weighted by molar-refractivity contribution is 0.0807. The van der Waals surface area contributed by atoms with Crippen molar-refractivity contribution in [3.63, 3.8) is 0 Å². The molecule has 3 rings (SSSR count). The Bertz CT molecular complexity index is 817. The topological polar surface area (TPSA) is 87.1 Å². The largest absolute Gasteiger partial charge is 0.496 e. The summed E-state index contributed by atoms with van der Waals surface area (Å²) < 4.78 is 5.26. The number of hydrogen-bond donors (Lipinski definition) is 2. The molecule has 1 amide bonds. The van der Waals surface area contributed by atoms with E-state index in [9.17, 15) is 14.7 Å². The van der Waals surface area contributed by atoms with Crippen molar-refractivity contribution in [1.82, 2.24) is 4.90 Å². The van der Waals surface area contributed by atoms with Gasteiger partial charge in [0.2, 0.25) is 0 Å². The maximum Gasteiger partial charge on any atom is 0.407 e. The Kier molecular flexibility index (Phi) is 4.90. The van der Waals surface area contributed by atoms with Crippen LogP contribution in [-0.2, 0) is 6.61 Å². The third kappa shape index (κ3) is 3.30. The molecule has 0 spiro atoms. The summed E-state index contributed by atoms with van der Waals surface area (Å²) in [6, 6.07) is 8.98. The number of fused-ring (bicyclic) bond motifs is 1. The predicted molar refractivity (Wildman–Crippen MR) is 93.1 cm³/mol. The van der Waals surface area contributed by atoms with Crippen molar-refractivity contribution < 1.29 is 24.5 Å². The van der Waals surface area contributed by atoms with Crippen LogP contribution in [0.1, 0.15) is 28.8 Å². The molecule has 6 heteroatoms. The van der Waals surface area contributed by atoms with Crippen molar-refractivity contribution in [1.29, 1.82) is 0 Å². The Morgan fingerprint density at radius 3 is 2.76 bits per heavy atom. The van der Waals surface area contributed by atoms with E-state index in [2.05, 4.69) is 0 Å². The number of amides is 1. The number of likely N-dealkylation sites (tertiary alicyclic amines) is 1. The molecule has 1 atom stereocenters. The zero-order chi connectivity index (χ0) is 18.0. The number of hydrogen-bond acceptors (Lipinski definition) is 4. The number of nitrogens with zero attached hydrogens (tertiary/aromatic N) is 1. The second-order valence-corrected chi connectivity index (χ2v) is 6.27. The van der Waals surface area contributed by atoms with Crippen LogP contribution in [0.4, 0.5) is 4.79 Å². The van der Waals surface area contributed by atoms with Crippen molar-refractivity contribution in [2.24, 2.45) is 5.92 Å². The van der Waals surface area contributed by atoms with Crippen LogP contribution in [0.25, 0.3) is 10.8 Å². The van der Waals surface area contributed by atoms with Gasteiger partial charge in [-0.1, -0.05) is 18.2 Å². The van der Waals surface area contributed by atoms with Crippen LogP contribution in [0.5, 0.6) is 5.75 Å². The monoisotopic (exact) mass is 343 g/mol. The smallest absolute Gasteiger partial charge is 0.407 e. The third-order valence-corrected chi connectivity index (χ3v) is 4.81. The van der Waals surface area contributed by atoms with E-state index in [1.54, 1.807) is 25.3 Å². The summed E-state index contributed by atoms with van der Waals surface area (Å²) in [7, 11) is 1.55. The van der Waals surface area contributed by atoms with Crippen LogP contribution >= 0.6 is 0 Å². The van der Waals surface area contributed by atoms with Crippen molar-refractivity contribution in [2.75, 3.05) is 20.2 Å². The second kappa shape index (κ2) is 7.11. The van der Waals surface area contributed by atoms with E-state index in [-0.39, 0.29) is 24.9 Å². The van der Waals surface area contributed by atoms with Gasteiger partial charge in [-0.05, 0) is 35.7 Å². The molecule has 25 heavy (non-hydrogen) atoms. The molecule has 2 N–H and O–H groups in total. The maximum atomic E-state index is 12.8. The number of methoxy groups -OCH3 is 1. The summed E-state index contributed by atoms with van der Waals surface area (Å²) in [6.07, 6.45) is 0.420. The molecule has 0 radical (unpaired) electrons. The number of ether oxygens (including phenoxy) is 1. The Morgan fingerprint density at radius 1 is 1.28 bits per heavy atom. The summed E-state index contributed by atoms with van der Waals surface area (Å²) in [4.78, 5) is 25.2. The molecule has 1 heterocycles. The lowest BCUT2D eigenvalue weighted by Crippen LogP contribution is -2.41. The standard InChI is InChI=1S/C19H21NO5/c1-25-17-7-5-12-9-13(4-6-15(12)16(17)11-21)18(22)14-3-2-8-20(10-14)19(23)24/h4-7,9,14,21H,2-3,8,10-11H2,1H3,(H,23,24). The van der Waals surface area contributed by atoms with E-state index >= 15 is 0 Å². The molecule has 2 aromatic carbocycles. The first kappa shape index (κ1) is 17.2. The summed E-state index contributed by atoms with van der Waals surface area (Å²) >= 11 is 0. The van der Waals surface area contributed by atoms with E-state index in [0.717, 1.165) is 10.8 Å². The van der Waals surface area contributed by atoms with Crippen molar-refractivity contribution in [3.05, 3.63) is 41.5 Å². The Morgan fingerprint density at radius 2 is 2.08 bits per heavy atom. The van der Waals surface area contributed by atoms with Crippen LogP contribution in [-0.4, -0.2) is 47.2 Å². The number of benzene rings is 2. The second-order valence-electron chi connectivity index (χ2n) is 6.27. The molecule has 0 bridgehead atoms. The fourth-order valence-corrected chi connectivity index (χ4v) is 3.48. The van der Waals surface area contributed by atoms with Gasteiger partial charge in [-0.15, -0.1) is 0 Å². The van der Waals surface area contributed by atoms with Crippen LogP contribution in [0.3, 0.4) is 0 Å². The molecule has 0 saturated carbocycles. The van der Waals surface area contributed by atoms with Crippen molar-refractivity contribution in [2.45, 2.75) is 19.4 Å². The lowest BCUT2D eigenvalue weighted by atomic mass is 9.89. The molecule has 6 nitrogen and oxygen atoms in total. The minimum atomic E-state index is -0.976. The first-order chi connectivity index (χ1) is 12.0. The van der Waals surface area contributed by atoms with Crippen LogP contribution < -0.4 is 4.74 Å². The maximum absolute atomic E-state index is 12.8. The van der Waals surface area contributed by atoms with Gasteiger partial charge in [0.1, 0.15) is 5.75 Å². The number of Topliss-reactive ketones (excluding diaryl/α,β-unsaturated/α-hetero) is 1. The number of carbonyl (C=O) groups is 2. The number of rotatable bonds is 4. The predicted octanol–water partition coefficient (Wildman–Crippen LogP) is 2.91. The molecule has 1 fully saturated rings. The SMILES string of the molecule is COc1ccc2cc(C(=O)C3CCCN(C(=O)O)C3)ccc2c1CO. The Hall–Kier alpha value is -2.60. The molecule has 0 aliphatic carbocycles. The quantitative estimate of drug-likeness (QED) is 0.834. The average Bonchev–Trinajstić information content (AvgIpc) is 2.65. The fraction of sp³-hybridized carbons (Fsp3) is 0.368. The first-order valence-electron chi connectivity index (χ1n) is 8.27. The van der Waals surface area contributed by atoms with Crippen LogP contribution in [0.15, 0.2) is 30.3 Å². The average molecular weight is 343 g/mol. The highest BCUT2D eigenvalue weighted by atomic mass is 16.5. The van der Waals surface area contributed by atoms with E-state index in [1.807, 2.05) is 12.1 Å². The number of carboxylic acid groups (broad SMARTS) is 1. The van der Waals surface area contributed by atoms with Gasteiger partial charge < -0.3 is 19.8 Å². The highest BCUT2D eigenvalue weighted by molar-refractivity contribution is 6.02. The molecule has 1 aliphatic heterocycles. The van der Waals surface area contributed by atoms with Gasteiger partial charge in [-0.25, -0.2) is 4.79 Å². The highest BCUT2D eigenvalue weighted by Gasteiger charge is 2.29. The number of aliphatic hydroxyl groups excluding tert-OH is 1. The fourth-order valence-electron chi connectivity index (χ4n) is 3.48. The highest BCUT2D eigenvalue weighted by Crippen LogP contribution is 2.30. The van der Waals surface area contributed by atoms with E-state index in [1.165, 1.54) is 4.90 Å².